The second-order valence-corrected chi connectivity index (χ2v) is 5.53. The molecule has 3 unspecified atom stereocenters. The largest absolute Gasteiger partial charge is 0.481 e. The summed E-state index contributed by atoms with van der Waals surface area (Å²) in [6.45, 7) is 5.67. The minimum absolute atomic E-state index is 0.0250. The van der Waals surface area contributed by atoms with Crippen molar-refractivity contribution in [2.45, 2.75) is 57.9 Å². The Kier molecular flexibility index (Phi) is 6.60. The van der Waals surface area contributed by atoms with E-state index in [1.165, 1.54) is 0 Å². The average Bonchev–Trinajstić information content (AvgIpc) is 2.39. The van der Waals surface area contributed by atoms with Crippen molar-refractivity contribution in [1.29, 1.82) is 0 Å². The number of carbonyl (C=O) groups is 2. The summed E-state index contributed by atoms with van der Waals surface area (Å²) in [5.74, 6) is -1.22. The predicted octanol–water partition coefficient (Wildman–Crippen LogP) is 2.74. The van der Waals surface area contributed by atoms with E-state index >= 15 is 0 Å². The maximum absolute atomic E-state index is 12.1. The molecule has 1 fully saturated rings. The normalized spacial score (nSPS) is 24.5. The predicted molar refractivity (Wildman–Crippen MR) is 74.7 cm³/mol. The van der Waals surface area contributed by atoms with Gasteiger partial charge in [-0.1, -0.05) is 12.5 Å². The molecule has 2 N–H and O–H groups in total. The summed E-state index contributed by atoms with van der Waals surface area (Å²) in [5, 5.41) is 12.0. The first kappa shape index (κ1) is 15.7. The number of aliphatic carboxylic acids is 1. The van der Waals surface area contributed by atoms with Crippen LogP contribution >= 0.6 is 0 Å². The van der Waals surface area contributed by atoms with E-state index in [-0.39, 0.29) is 23.8 Å². The van der Waals surface area contributed by atoms with Crippen LogP contribution in [0, 0.1) is 11.8 Å². The fraction of sp³-hybridized carbons (Fsp3) is 0.733. The van der Waals surface area contributed by atoms with Gasteiger partial charge in [-0.15, -0.1) is 6.58 Å². The Labute approximate surface area is 115 Å². The summed E-state index contributed by atoms with van der Waals surface area (Å²) in [6, 6.07) is 0.151. The molecule has 0 spiro atoms. The molecule has 0 bridgehead atoms. The van der Waals surface area contributed by atoms with Crippen LogP contribution in [-0.2, 0) is 9.59 Å². The Morgan fingerprint density at radius 1 is 1.42 bits per heavy atom. The Hall–Kier alpha value is -1.32. The van der Waals surface area contributed by atoms with Crippen LogP contribution in [0.3, 0.4) is 0 Å². The third kappa shape index (κ3) is 5.45. The summed E-state index contributed by atoms with van der Waals surface area (Å²) in [5.41, 5.74) is 0. The van der Waals surface area contributed by atoms with Gasteiger partial charge in [0.2, 0.25) is 5.91 Å². The Morgan fingerprint density at radius 3 is 2.74 bits per heavy atom. The van der Waals surface area contributed by atoms with Crippen LogP contribution in [0.5, 0.6) is 0 Å². The minimum Gasteiger partial charge on any atom is -0.481 e. The number of hydrogen-bond donors (Lipinski definition) is 2. The molecule has 108 valence electrons. The summed E-state index contributed by atoms with van der Waals surface area (Å²) in [6.07, 6.45) is 7.64. The zero-order chi connectivity index (χ0) is 14.3. The van der Waals surface area contributed by atoms with Crippen molar-refractivity contribution in [3.8, 4) is 0 Å². The molecule has 0 aromatic heterocycles. The van der Waals surface area contributed by atoms with Crippen LogP contribution in [0.15, 0.2) is 12.7 Å². The number of carboxylic acids is 1. The third-order valence-electron chi connectivity index (χ3n) is 3.83. The SMILES string of the molecule is C=CCCCC(C)NC(=O)C1CCCC(C(=O)O)C1. The van der Waals surface area contributed by atoms with E-state index < -0.39 is 5.97 Å². The van der Waals surface area contributed by atoms with E-state index in [1.807, 2.05) is 13.0 Å². The average molecular weight is 267 g/mol. The van der Waals surface area contributed by atoms with Crippen molar-refractivity contribution in [1.82, 2.24) is 5.32 Å². The first-order valence-electron chi connectivity index (χ1n) is 7.18. The minimum atomic E-state index is -0.767. The van der Waals surface area contributed by atoms with Crippen LogP contribution in [-0.4, -0.2) is 23.0 Å². The Morgan fingerprint density at radius 2 is 2.11 bits per heavy atom. The number of hydrogen-bond acceptors (Lipinski definition) is 2. The van der Waals surface area contributed by atoms with Crippen LogP contribution in [0.25, 0.3) is 0 Å². The topological polar surface area (TPSA) is 66.4 Å². The highest BCUT2D eigenvalue weighted by Gasteiger charge is 2.31. The quantitative estimate of drug-likeness (QED) is 0.550. The lowest BCUT2D eigenvalue weighted by Crippen LogP contribution is -2.39. The molecule has 3 atom stereocenters. The molecule has 1 aliphatic rings. The second-order valence-electron chi connectivity index (χ2n) is 5.53. The van der Waals surface area contributed by atoms with Gasteiger partial charge in [0, 0.05) is 12.0 Å². The second kappa shape index (κ2) is 7.97. The molecular weight excluding hydrogens is 242 g/mol. The number of rotatable bonds is 7. The maximum atomic E-state index is 12.1. The molecule has 0 aliphatic heterocycles. The monoisotopic (exact) mass is 267 g/mol. The highest BCUT2D eigenvalue weighted by Crippen LogP contribution is 2.29. The van der Waals surface area contributed by atoms with E-state index in [9.17, 15) is 9.59 Å². The number of allylic oxidation sites excluding steroid dienone is 1. The lowest BCUT2D eigenvalue weighted by molar-refractivity contribution is -0.144. The van der Waals surface area contributed by atoms with Gasteiger partial charge in [0.1, 0.15) is 0 Å². The van der Waals surface area contributed by atoms with Crippen molar-refractivity contribution in [2.24, 2.45) is 11.8 Å². The number of nitrogens with one attached hydrogen (secondary N) is 1. The van der Waals surface area contributed by atoms with E-state index in [4.69, 9.17) is 5.11 Å². The molecule has 4 heteroatoms. The van der Waals surface area contributed by atoms with Crippen LogP contribution in [0.4, 0.5) is 0 Å². The standard InChI is InChI=1S/C15H25NO3/c1-3-4-5-7-11(2)16-14(17)12-8-6-9-13(10-12)15(18)19/h3,11-13H,1,4-10H2,2H3,(H,16,17)(H,18,19). The van der Waals surface area contributed by atoms with Crippen LogP contribution in [0.2, 0.25) is 0 Å². The van der Waals surface area contributed by atoms with Crippen molar-refractivity contribution in [2.75, 3.05) is 0 Å². The smallest absolute Gasteiger partial charge is 0.306 e. The first-order chi connectivity index (χ1) is 9.04. The molecule has 0 saturated heterocycles. The summed E-state index contributed by atoms with van der Waals surface area (Å²) in [7, 11) is 0. The lowest BCUT2D eigenvalue weighted by Gasteiger charge is -2.27. The fourth-order valence-corrected chi connectivity index (χ4v) is 2.65. The van der Waals surface area contributed by atoms with Gasteiger partial charge in [0.05, 0.1) is 5.92 Å². The number of unbranched alkanes of at least 4 members (excludes halogenated alkanes) is 1. The molecule has 0 aromatic rings. The van der Waals surface area contributed by atoms with Crippen LogP contribution < -0.4 is 5.32 Å². The first-order valence-corrected chi connectivity index (χ1v) is 7.18. The van der Waals surface area contributed by atoms with Crippen LogP contribution in [0.1, 0.15) is 51.9 Å². The third-order valence-corrected chi connectivity index (χ3v) is 3.83. The highest BCUT2D eigenvalue weighted by atomic mass is 16.4. The number of carboxylic acid groups (broad SMARTS) is 1. The molecule has 1 aliphatic carbocycles. The summed E-state index contributed by atoms with van der Waals surface area (Å²) >= 11 is 0. The van der Waals surface area contributed by atoms with Crippen molar-refractivity contribution in [3.05, 3.63) is 12.7 Å². The molecule has 4 nitrogen and oxygen atoms in total. The van der Waals surface area contributed by atoms with E-state index in [0.29, 0.717) is 12.8 Å². The van der Waals surface area contributed by atoms with Gasteiger partial charge in [0.25, 0.3) is 0 Å². The highest BCUT2D eigenvalue weighted by molar-refractivity contribution is 5.80. The van der Waals surface area contributed by atoms with Crippen molar-refractivity contribution in [3.63, 3.8) is 0 Å². The van der Waals surface area contributed by atoms with Gasteiger partial charge in [-0.2, -0.15) is 0 Å². The Bertz CT molecular complexity index is 327. The van der Waals surface area contributed by atoms with Crippen molar-refractivity contribution >= 4 is 11.9 Å². The lowest BCUT2D eigenvalue weighted by atomic mass is 9.81. The van der Waals surface area contributed by atoms with Gasteiger partial charge in [-0.05, 0) is 45.4 Å². The van der Waals surface area contributed by atoms with E-state index in [2.05, 4.69) is 11.9 Å². The molecule has 0 radical (unpaired) electrons. The van der Waals surface area contributed by atoms with Crippen molar-refractivity contribution < 1.29 is 14.7 Å². The molecule has 1 saturated carbocycles. The van der Waals surface area contributed by atoms with Gasteiger partial charge in [0.15, 0.2) is 0 Å². The van der Waals surface area contributed by atoms with Gasteiger partial charge < -0.3 is 10.4 Å². The van der Waals surface area contributed by atoms with Gasteiger partial charge >= 0.3 is 5.97 Å². The Balaban J connectivity index is 2.35. The molecule has 19 heavy (non-hydrogen) atoms. The molecule has 0 aromatic carbocycles. The summed E-state index contributed by atoms with van der Waals surface area (Å²) in [4.78, 5) is 23.1. The zero-order valence-electron chi connectivity index (χ0n) is 11.7. The zero-order valence-corrected chi connectivity index (χ0v) is 11.7. The fourth-order valence-electron chi connectivity index (χ4n) is 2.65. The number of amides is 1. The van der Waals surface area contributed by atoms with E-state index in [0.717, 1.165) is 32.1 Å². The maximum Gasteiger partial charge on any atom is 0.306 e. The van der Waals surface area contributed by atoms with Gasteiger partial charge in [-0.25, -0.2) is 0 Å². The molecular formula is C15H25NO3. The number of carbonyl (C=O) groups excluding carboxylic acids is 1. The van der Waals surface area contributed by atoms with Gasteiger partial charge in [-0.3, -0.25) is 9.59 Å². The molecule has 1 rings (SSSR count). The molecule has 0 heterocycles. The molecule has 1 amide bonds. The van der Waals surface area contributed by atoms with E-state index in [1.54, 1.807) is 0 Å². The summed E-state index contributed by atoms with van der Waals surface area (Å²) < 4.78 is 0.